The van der Waals surface area contributed by atoms with Crippen molar-refractivity contribution in [3.63, 3.8) is 0 Å². The fraction of sp³-hybridized carbons (Fsp3) is 0.923. The van der Waals surface area contributed by atoms with Gasteiger partial charge in [-0.1, -0.05) is 0 Å². The lowest BCUT2D eigenvalue weighted by atomic mass is 9.95. The normalized spacial score (nSPS) is 29.6. The molecule has 0 spiro atoms. The predicted molar refractivity (Wildman–Crippen MR) is 68.2 cm³/mol. The molecule has 17 heavy (non-hydrogen) atoms. The van der Waals surface area contributed by atoms with Gasteiger partial charge < -0.3 is 9.64 Å². The Bertz CT molecular complexity index is 252. The molecule has 2 aliphatic rings. The van der Waals surface area contributed by atoms with Crippen LogP contribution in [-0.2, 0) is 9.53 Å². The number of ether oxygens (including phenoxy) is 1. The molecule has 2 rings (SSSR count). The maximum atomic E-state index is 12.1. The molecule has 0 N–H and O–H groups in total. The summed E-state index contributed by atoms with van der Waals surface area (Å²) in [5.41, 5.74) is 0. The van der Waals surface area contributed by atoms with E-state index in [0.717, 1.165) is 45.4 Å². The first kappa shape index (κ1) is 13.2. The monoisotopic (exact) mass is 259 g/mol. The number of piperidine rings is 1. The van der Waals surface area contributed by atoms with Gasteiger partial charge in [0, 0.05) is 25.6 Å². The molecule has 2 heterocycles. The van der Waals surface area contributed by atoms with Crippen LogP contribution in [0.4, 0.5) is 0 Å². The average Bonchev–Trinajstić information content (AvgIpc) is 2.83. The minimum Gasteiger partial charge on any atom is -0.378 e. The van der Waals surface area contributed by atoms with Gasteiger partial charge in [0.25, 0.3) is 0 Å². The summed E-state index contributed by atoms with van der Waals surface area (Å²) in [4.78, 5) is 14.1. The van der Waals surface area contributed by atoms with Crippen LogP contribution in [0.1, 0.15) is 38.5 Å². The van der Waals surface area contributed by atoms with E-state index >= 15 is 0 Å². The average molecular weight is 260 g/mol. The molecular formula is C13H22ClNO2. The zero-order valence-electron chi connectivity index (χ0n) is 10.4. The summed E-state index contributed by atoms with van der Waals surface area (Å²) in [6, 6.07) is 0. The van der Waals surface area contributed by atoms with E-state index in [2.05, 4.69) is 0 Å². The molecule has 0 bridgehead atoms. The SMILES string of the molecule is O=C(CC1CCCO1)N1CCCC(CCCl)C1. The highest BCUT2D eigenvalue weighted by molar-refractivity contribution is 6.17. The van der Waals surface area contributed by atoms with Gasteiger partial charge in [-0.25, -0.2) is 0 Å². The quantitative estimate of drug-likeness (QED) is 0.726. The Labute approximate surface area is 108 Å². The topological polar surface area (TPSA) is 29.5 Å². The first-order chi connectivity index (χ1) is 8.29. The van der Waals surface area contributed by atoms with Crippen LogP contribution < -0.4 is 0 Å². The Hall–Kier alpha value is -0.280. The van der Waals surface area contributed by atoms with Gasteiger partial charge in [-0.05, 0) is 38.0 Å². The highest BCUT2D eigenvalue weighted by Gasteiger charge is 2.26. The number of hydrogen-bond donors (Lipinski definition) is 0. The fourth-order valence-corrected chi connectivity index (χ4v) is 3.12. The standard InChI is InChI=1S/C13H22ClNO2/c14-6-5-11-3-1-7-15(10-11)13(16)9-12-4-2-8-17-12/h11-12H,1-10H2. The van der Waals surface area contributed by atoms with Gasteiger partial charge in [0.15, 0.2) is 0 Å². The number of hydrogen-bond acceptors (Lipinski definition) is 2. The largest absolute Gasteiger partial charge is 0.378 e. The number of alkyl halides is 1. The fourth-order valence-electron chi connectivity index (χ4n) is 2.81. The Morgan fingerprint density at radius 2 is 2.24 bits per heavy atom. The highest BCUT2D eigenvalue weighted by Crippen LogP contribution is 2.22. The Balaban J connectivity index is 1.77. The minimum atomic E-state index is 0.177. The van der Waals surface area contributed by atoms with E-state index in [1.807, 2.05) is 4.90 Å². The summed E-state index contributed by atoms with van der Waals surface area (Å²) in [7, 11) is 0. The molecule has 2 aliphatic heterocycles. The molecule has 0 saturated carbocycles. The van der Waals surface area contributed by atoms with Crippen LogP contribution in [0.3, 0.4) is 0 Å². The summed E-state index contributed by atoms with van der Waals surface area (Å²) in [6.07, 6.45) is 6.28. The van der Waals surface area contributed by atoms with E-state index in [-0.39, 0.29) is 12.0 Å². The number of likely N-dealkylation sites (tertiary alicyclic amines) is 1. The third-order valence-corrected chi connectivity index (χ3v) is 4.03. The first-order valence-corrected chi connectivity index (χ1v) is 7.28. The number of rotatable bonds is 4. The van der Waals surface area contributed by atoms with Crippen LogP contribution in [0.25, 0.3) is 0 Å². The lowest BCUT2D eigenvalue weighted by molar-refractivity contribution is -0.135. The van der Waals surface area contributed by atoms with Gasteiger partial charge in [-0.2, -0.15) is 0 Å². The van der Waals surface area contributed by atoms with Crippen LogP contribution in [0.15, 0.2) is 0 Å². The molecule has 2 unspecified atom stereocenters. The molecule has 2 saturated heterocycles. The van der Waals surface area contributed by atoms with Crippen molar-refractivity contribution in [1.29, 1.82) is 0 Å². The van der Waals surface area contributed by atoms with E-state index in [1.165, 1.54) is 6.42 Å². The zero-order valence-corrected chi connectivity index (χ0v) is 11.1. The van der Waals surface area contributed by atoms with Crippen molar-refractivity contribution in [2.24, 2.45) is 5.92 Å². The molecule has 2 fully saturated rings. The van der Waals surface area contributed by atoms with Crippen molar-refractivity contribution >= 4 is 17.5 Å². The number of carbonyl (C=O) groups excluding carboxylic acids is 1. The van der Waals surface area contributed by atoms with Crippen LogP contribution >= 0.6 is 11.6 Å². The lowest BCUT2D eigenvalue weighted by Gasteiger charge is -2.33. The van der Waals surface area contributed by atoms with Crippen molar-refractivity contribution in [3.8, 4) is 0 Å². The van der Waals surface area contributed by atoms with Gasteiger partial charge in [-0.3, -0.25) is 4.79 Å². The van der Waals surface area contributed by atoms with Gasteiger partial charge in [0.05, 0.1) is 12.5 Å². The second-order valence-electron chi connectivity index (χ2n) is 5.16. The van der Waals surface area contributed by atoms with Gasteiger partial charge >= 0.3 is 0 Å². The van der Waals surface area contributed by atoms with Crippen molar-refractivity contribution in [2.45, 2.75) is 44.6 Å². The third kappa shape index (κ3) is 3.85. The van der Waals surface area contributed by atoms with Gasteiger partial charge in [0.2, 0.25) is 5.91 Å². The Morgan fingerprint density at radius 1 is 1.35 bits per heavy atom. The van der Waals surface area contributed by atoms with E-state index in [4.69, 9.17) is 16.3 Å². The summed E-state index contributed by atoms with van der Waals surface area (Å²) < 4.78 is 5.52. The summed E-state index contributed by atoms with van der Waals surface area (Å²) in [5, 5.41) is 0. The molecule has 0 aromatic heterocycles. The van der Waals surface area contributed by atoms with E-state index in [0.29, 0.717) is 18.2 Å². The van der Waals surface area contributed by atoms with E-state index < -0.39 is 0 Å². The molecule has 0 radical (unpaired) electrons. The van der Waals surface area contributed by atoms with Gasteiger partial charge in [-0.15, -0.1) is 11.6 Å². The summed E-state index contributed by atoms with van der Waals surface area (Å²) in [6.45, 7) is 2.65. The second kappa shape index (κ2) is 6.60. The zero-order chi connectivity index (χ0) is 12.1. The van der Waals surface area contributed by atoms with Crippen molar-refractivity contribution in [3.05, 3.63) is 0 Å². The number of amides is 1. The molecule has 0 aliphatic carbocycles. The predicted octanol–water partition coefficient (Wildman–Crippen LogP) is 2.42. The van der Waals surface area contributed by atoms with Crippen molar-refractivity contribution in [1.82, 2.24) is 4.90 Å². The van der Waals surface area contributed by atoms with Crippen LogP contribution in [-0.4, -0.2) is 42.5 Å². The Morgan fingerprint density at radius 3 is 2.94 bits per heavy atom. The number of nitrogens with zero attached hydrogens (tertiary/aromatic N) is 1. The Kier molecular flexibility index (Phi) is 5.11. The molecule has 0 aromatic carbocycles. The number of halogens is 1. The lowest BCUT2D eigenvalue weighted by Crippen LogP contribution is -2.41. The van der Waals surface area contributed by atoms with E-state index in [1.54, 1.807) is 0 Å². The van der Waals surface area contributed by atoms with Gasteiger partial charge in [0.1, 0.15) is 0 Å². The maximum absolute atomic E-state index is 12.1. The van der Waals surface area contributed by atoms with Crippen LogP contribution in [0.2, 0.25) is 0 Å². The molecule has 0 aromatic rings. The summed E-state index contributed by atoms with van der Waals surface area (Å²) >= 11 is 5.78. The molecule has 1 amide bonds. The number of carbonyl (C=O) groups is 1. The molecule has 98 valence electrons. The molecule has 4 heteroatoms. The maximum Gasteiger partial charge on any atom is 0.225 e. The molecular weight excluding hydrogens is 238 g/mol. The van der Waals surface area contributed by atoms with Crippen LogP contribution in [0, 0.1) is 5.92 Å². The molecule has 2 atom stereocenters. The first-order valence-electron chi connectivity index (χ1n) is 6.75. The highest BCUT2D eigenvalue weighted by atomic mass is 35.5. The minimum absolute atomic E-state index is 0.177. The smallest absolute Gasteiger partial charge is 0.225 e. The van der Waals surface area contributed by atoms with Crippen molar-refractivity contribution in [2.75, 3.05) is 25.6 Å². The summed E-state index contributed by atoms with van der Waals surface area (Å²) in [5.74, 6) is 1.59. The molecule has 3 nitrogen and oxygen atoms in total. The second-order valence-corrected chi connectivity index (χ2v) is 5.54. The van der Waals surface area contributed by atoms with Crippen molar-refractivity contribution < 1.29 is 9.53 Å². The van der Waals surface area contributed by atoms with E-state index in [9.17, 15) is 4.79 Å². The van der Waals surface area contributed by atoms with Crippen LogP contribution in [0.5, 0.6) is 0 Å². The third-order valence-electron chi connectivity index (χ3n) is 3.82.